The van der Waals surface area contributed by atoms with Crippen LogP contribution in [0.3, 0.4) is 0 Å². The van der Waals surface area contributed by atoms with Crippen LogP contribution in [0.5, 0.6) is 0 Å². The molecule has 3 unspecified atom stereocenters. The van der Waals surface area contributed by atoms with Gasteiger partial charge in [0.1, 0.15) is 0 Å². The number of rotatable bonds is 5. The van der Waals surface area contributed by atoms with Crippen molar-refractivity contribution in [2.45, 2.75) is 57.7 Å². The van der Waals surface area contributed by atoms with Crippen LogP contribution in [0.4, 0.5) is 5.69 Å². The molecule has 1 saturated carbocycles. The van der Waals surface area contributed by atoms with Gasteiger partial charge in [-0.05, 0) is 30.7 Å². The fourth-order valence-electron chi connectivity index (χ4n) is 3.83. The number of nitro benzene ring substituents is 1. The molecule has 3 atom stereocenters. The van der Waals surface area contributed by atoms with Gasteiger partial charge < -0.3 is 10.6 Å². The number of hydrogen-bond donors (Lipinski definition) is 2. The van der Waals surface area contributed by atoms with Crippen LogP contribution in [0, 0.1) is 16.0 Å². The molecule has 0 amide bonds. The molecule has 3 rings (SSSR count). The van der Waals surface area contributed by atoms with E-state index in [1.165, 1.54) is 31.4 Å². The lowest BCUT2D eigenvalue weighted by Crippen LogP contribution is -2.50. The van der Waals surface area contributed by atoms with Gasteiger partial charge in [-0.1, -0.05) is 31.9 Å². The number of sulfone groups is 1. The van der Waals surface area contributed by atoms with Crippen molar-refractivity contribution in [1.29, 1.82) is 0 Å². The summed E-state index contributed by atoms with van der Waals surface area (Å²) in [7, 11) is -2.97. The maximum absolute atomic E-state index is 11.8. The first-order valence-corrected chi connectivity index (χ1v) is 11.7. The molecule has 162 valence electrons. The van der Waals surface area contributed by atoms with E-state index in [-0.39, 0.29) is 47.2 Å². The summed E-state index contributed by atoms with van der Waals surface area (Å²) < 4.78 is 23.6. The van der Waals surface area contributed by atoms with Crippen molar-refractivity contribution in [3.63, 3.8) is 0 Å². The molecule has 0 aromatic heterocycles. The third-order valence-corrected chi connectivity index (χ3v) is 7.34. The Morgan fingerprint density at radius 2 is 1.86 bits per heavy atom. The normalized spacial score (nSPS) is 26.4. The molecule has 2 aliphatic rings. The predicted octanol–water partition coefficient (Wildman–Crippen LogP) is 3.01. The van der Waals surface area contributed by atoms with Crippen molar-refractivity contribution in [2.75, 3.05) is 11.5 Å². The molecule has 0 spiro atoms. The molecule has 10 heteroatoms. The van der Waals surface area contributed by atoms with Crippen LogP contribution in [0.2, 0.25) is 0 Å². The number of hydrogen-bond acceptors (Lipinski definition) is 5. The second-order valence-corrected chi connectivity index (χ2v) is 10.1. The Morgan fingerprint density at radius 1 is 1.17 bits per heavy atom. The molecule has 1 saturated heterocycles. The fraction of sp³-hybridized carbons (Fsp3) is 0.632. The standard InChI is InChI=1S/C19H28N4O4S.HI/c1-14-4-2-3-5-18(14)22-19(21-16-10-11-28(26,27)13-16)20-12-15-6-8-17(9-7-15)23(24)25;/h6-9,14,16,18H,2-5,10-13H2,1H3,(H2,20,21,22);1H. The first kappa shape index (κ1) is 23.8. The van der Waals surface area contributed by atoms with Gasteiger partial charge >= 0.3 is 0 Å². The molecule has 1 aromatic rings. The Bertz CT molecular complexity index is 829. The molecule has 29 heavy (non-hydrogen) atoms. The minimum Gasteiger partial charge on any atom is -0.353 e. The average Bonchev–Trinajstić information content (AvgIpc) is 3.00. The van der Waals surface area contributed by atoms with E-state index in [2.05, 4.69) is 22.5 Å². The lowest BCUT2D eigenvalue weighted by atomic mass is 9.86. The van der Waals surface area contributed by atoms with Crippen molar-refractivity contribution < 1.29 is 13.3 Å². The van der Waals surface area contributed by atoms with Crippen molar-refractivity contribution >= 4 is 45.5 Å². The molecular weight excluding hydrogens is 507 g/mol. The van der Waals surface area contributed by atoms with Crippen molar-refractivity contribution in [3.8, 4) is 0 Å². The Kier molecular flexibility index (Phi) is 8.68. The van der Waals surface area contributed by atoms with Gasteiger partial charge in [-0.2, -0.15) is 0 Å². The number of nitrogens with zero attached hydrogens (tertiary/aromatic N) is 2. The Morgan fingerprint density at radius 3 is 2.45 bits per heavy atom. The lowest BCUT2D eigenvalue weighted by molar-refractivity contribution is -0.384. The maximum Gasteiger partial charge on any atom is 0.269 e. The van der Waals surface area contributed by atoms with Crippen LogP contribution >= 0.6 is 24.0 Å². The van der Waals surface area contributed by atoms with Crippen molar-refractivity contribution in [1.82, 2.24) is 10.6 Å². The van der Waals surface area contributed by atoms with Gasteiger partial charge in [0, 0.05) is 24.2 Å². The summed E-state index contributed by atoms with van der Waals surface area (Å²) in [6.07, 6.45) is 5.24. The summed E-state index contributed by atoms with van der Waals surface area (Å²) in [4.78, 5) is 15.0. The topological polar surface area (TPSA) is 114 Å². The minimum atomic E-state index is -2.97. The fourth-order valence-corrected chi connectivity index (χ4v) is 5.51. The molecule has 0 radical (unpaired) electrons. The molecule has 2 fully saturated rings. The van der Waals surface area contributed by atoms with Crippen LogP contribution in [0.25, 0.3) is 0 Å². The van der Waals surface area contributed by atoms with Crippen LogP contribution in [0.15, 0.2) is 29.3 Å². The van der Waals surface area contributed by atoms with Gasteiger partial charge in [-0.3, -0.25) is 10.1 Å². The largest absolute Gasteiger partial charge is 0.353 e. The summed E-state index contributed by atoms with van der Waals surface area (Å²) >= 11 is 0. The van der Waals surface area contributed by atoms with Crippen LogP contribution in [-0.2, 0) is 16.4 Å². The molecule has 1 aliphatic heterocycles. The smallest absolute Gasteiger partial charge is 0.269 e. The summed E-state index contributed by atoms with van der Waals surface area (Å²) in [5, 5.41) is 17.6. The number of nitrogens with one attached hydrogen (secondary N) is 2. The predicted molar refractivity (Wildman–Crippen MR) is 124 cm³/mol. The SMILES string of the molecule is CC1CCCCC1NC(=NCc1ccc([N+](=O)[O-])cc1)NC1CCS(=O)(=O)C1.I. The summed E-state index contributed by atoms with van der Waals surface area (Å²) in [6, 6.07) is 6.52. The van der Waals surface area contributed by atoms with E-state index in [0.717, 1.165) is 12.0 Å². The highest BCUT2D eigenvalue weighted by Gasteiger charge is 2.29. The van der Waals surface area contributed by atoms with Crippen molar-refractivity contribution in [2.24, 2.45) is 10.9 Å². The van der Waals surface area contributed by atoms with E-state index in [1.54, 1.807) is 12.1 Å². The van der Waals surface area contributed by atoms with E-state index >= 15 is 0 Å². The molecule has 1 aliphatic carbocycles. The number of aliphatic imine (C=N–C) groups is 1. The highest BCUT2D eigenvalue weighted by atomic mass is 127. The Hall–Kier alpha value is -1.43. The quantitative estimate of drug-likeness (QED) is 0.197. The zero-order valence-electron chi connectivity index (χ0n) is 16.5. The van der Waals surface area contributed by atoms with Gasteiger partial charge in [-0.15, -0.1) is 24.0 Å². The number of benzene rings is 1. The highest BCUT2D eigenvalue weighted by molar-refractivity contribution is 14.0. The third-order valence-electron chi connectivity index (χ3n) is 5.57. The molecule has 2 N–H and O–H groups in total. The van der Waals surface area contributed by atoms with Crippen LogP contribution in [-0.4, -0.2) is 42.9 Å². The van der Waals surface area contributed by atoms with E-state index in [0.29, 0.717) is 30.9 Å². The third kappa shape index (κ3) is 7.09. The second-order valence-electron chi connectivity index (χ2n) is 7.85. The number of nitro groups is 1. The van der Waals surface area contributed by atoms with Gasteiger partial charge in [0.15, 0.2) is 15.8 Å². The van der Waals surface area contributed by atoms with Gasteiger partial charge in [-0.25, -0.2) is 13.4 Å². The molecule has 0 bridgehead atoms. The summed E-state index contributed by atoms with van der Waals surface area (Å²) in [6.45, 7) is 2.60. The average molecular weight is 536 g/mol. The van der Waals surface area contributed by atoms with Gasteiger partial charge in [0.25, 0.3) is 5.69 Å². The monoisotopic (exact) mass is 536 g/mol. The van der Waals surface area contributed by atoms with Crippen LogP contribution in [0.1, 0.15) is 44.6 Å². The summed E-state index contributed by atoms with van der Waals surface area (Å²) in [5.74, 6) is 1.50. The van der Waals surface area contributed by atoms with E-state index in [9.17, 15) is 18.5 Å². The molecular formula is C19H29IN4O4S. The lowest BCUT2D eigenvalue weighted by Gasteiger charge is -2.31. The zero-order valence-corrected chi connectivity index (χ0v) is 19.7. The van der Waals surface area contributed by atoms with Crippen molar-refractivity contribution in [3.05, 3.63) is 39.9 Å². The maximum atomic E-state index is 11.8. The number of guanidine groups is 1. The van der Waals surface area contributed by atoms with Crippen LogP contribution < -0.4 is 10.6 Å². The zero-order chi connectivity index (χ0) is 20.1. The first-order valence-electron chi connectivity index (χ1n) is 9.84. The van der Waals surface area contributed by atoms with E-state index < -0.39 is 14.8 Å². The van der Waals surface area contributed by atoms with Gasteiger partial charge in [0.2, 0.25) is 0 Å². The molecule has 1 aromatic carbocycles. The Balaban J connectivity index is 0.00000300. The first-order chi connectivity index (χ1) is 13.3. The highest BCUT2D eigenvalue weighted by Crippen LogP contribution is 2.24. The second kappa shape index (κ2) is 10.6. The van der Waals surface area contributed by atoms with E-state index in [1.807, 2.05) is 0 Å². The van der Waals surface area contributed by atoms with E-state index in [4.69, 9.17) is 0 Å². The summed E-state index contributed by atoms with van der Waals surface area (Å²) in [5.41, 5.74) is 0.916. The Labute approximate surface area is 189 Å². The van der Waals surface area contributed by atoms with Gasteiger partial charge in [0.05, 0.1) is 23.0 Å². The molecule has 1 heterocycles. The molecule has 8 nitrogen and oxygen atoms in total. The minimum absolute atomic E-state index is 0. The number of halogens is 1. The number of non-ortho nitro benzene ring substituents is 1.